The first-order chi connectivity index (χ1) is 9.28. The van der Waals surface area contributed by atoms with Gasteiger partial charge < -0.3 is 9.84 Å². The molecule has 1 atom stereocenters. The maximum Gasteiger partial charge on any atom is 0.130 e. The highest BCUT2D eigenvalue weighted by atomic mass is 16.5. The molecule has 0 bridgehead atoms. The summed E-state index contributed by atoms with van der Waals surface area (Å²) in [6.45, 7) is 0. The smallest absolute Gasteiger partial charge is 0.130 e. The minimum atomic E-state index is -0.375. The zero-order valence-electron chi connectivity index (χ0n) is 10.3. The molecule has 94 valence electrons. The van der Waals surface area contributed by atoms with E-state index in [0.717, 1.165) is 29.7 Å². The van der Waals surface area contributed by atoms with Crippen LogP contribution in [0.4, 0.5) is 0 Å². The molecule has 0 amide bonds. The van der Waals surface area contributed by atoms with E-state index in [2.05, 4.69) is 6.07 Å². The summed E-state index contributed by atoms with van der Waals surface area (Å²) < 4.78 is 5.85. The van der Waals surface area contributed by atoms with Crippen molar-refractivity contribution in [3.05, 3.63) is 59.2 Å². The molecule has 0 spiro atoms. The molecule has 0 heterocycles. The normalized spacial score (nSPS) is 16.7. The Morgan fingerprint density at radius 1 is 1.16 bits per heavy atom. The van der Waals surface area contributed by atoms with Gasteiger partial charge in [0.2, 0.25) is 0 Å². The average Bonchev–Trinajstić information content (AvgIpc) is 2.83. The third-order valence-electron chi connectivity index (χ3n) is 3.41. The van der Waals surface area contributed by atoms with E-state index in [-0.39, 0.29) is 6.10 Å². The summed E-state index contributed by atoms with van der Waals surface area (Å²) in [4.78, 5) is 0. The summed E-state index contributed by atoms with van der Waals surface area (Å²) in [6, 6.07) is 14.8. The average molecular weight is 251 g/mol. The second-order valence-corrected chi connectivity index (χ2v) is 4.62. The second kappa shape index (κ2) is 4.75. The molecule has 3 nitrogen and oxygen atoms in total. The number of aliphatic hydroxyl groups excluding tert-OH is 1. The van der Waals surface area contributed by atoms with Crippen LogP contribution in [0.5, 0.6) is 11.5 Å². The van der Waals surface area contributed by atoms with E-state index in [0.29, 0.717) is 11.3 Å². The molecular formula is C16H13NO2. The van der Waals surface area contributed by atoms with E-state index < -0.39 is 0 Å². The maximum absolute atomic E-state index is 9.85. The SMILES string of the molecule is N#Cc1ccc(Oc2cccc3c2CC[C@@H]3O)cc1. The lowest BCUT2D eigenvalue weighted by Gasteiger charge is -2.11. The highest BCUT2D eigenvalue weighted by Crippen LogP contribution is 2.38. The van der Waals surface area contributed by atoms with Crippen LogP contribution in [0.15, 0.2) is 42.5 Å². The van der Waals surface area contributed by atoms with Crippen LogP contribution < -0.4 is 4.74 Å². The first-order valence-corrected chi connectivity index (χ1v) is 6.26. The monoisotopic (exact) mass is 251 g/mol. The number of aliphatic hydroxyl groups is 1. The molecule has 0 saturated heterocycles. The van der Waals surface area contributed by atoms with Crippen molar-refractivity contribution in [3.63, 3.8) is 0 Å². The van der Waals surface area contributed by atoms with E-state index in [1.807, 2.05) is 18.2 Å². The summed E-state index contributed by atoms with van der Waals surface area (Å²) in [5.74, 6) is 1.49. The van der Waals surface area contributed by atoms with Crippen molar-refractivity contribution in [1.82, 2.24) is 0 Å². The molecule has 0 aliphatic heterocycles. The van der Waals surface area contributed by atoms with Gasteiger partial charge in [0.1, 0.15) is 11.5 Å². The molecule has 1 aliphatic rings. The summed E-state index contributed by atoms with van der Waals surface area (Å²) in [5.41, 5.74) is 2.66. The van der Waals surface area contributed by atoms with Gasteiger partial charge in [0.25, 0.3) is 0 Å². The number of benzene rings is 2. The number of nitrogens with zero attached hydrogens (tertiary/aromatic N) is 1. The van der Waals surface area contributed by atoms with Crippen molar-refractivity contribution in [2.45, 2.75) is 18.9 Å². The van der Waals surface area contributed by atoms with Gasteiger partial charge in [-0.15, -0.1) is 0 Å². The van der Waals surface area contributed by atoms with E-state index in [1.165, 1.54) is 0 Å². The molecule has 3 heteroatoms. The fourth-order valence-corrected chi connectivity index (χ4v) is 2.42. The van der Waals surface area contributed by atoms with Gasteiger partial charge in [0.15, 0.2) is 0 Å². The van der Waals surface area contributed by atoms with Crippen LogP contribution in [0.25, 0.3) is 0 Å². The summed E-state index contributed by atoms with van der Waals surface area (Å²) in [7, 11) is 0. The van der Waals surface area contributed by atoms with E-state index in [9.17, 15) is 5.11 Å². The quantitative estimate of drug-likeness (QED) is 0.890. The zero-order valence-corrected chi connectivity index (χ0v) is 10.3. The van der Waals surface area contributed by atoms with Crippen LogP contribution in [-0.4, -0.2) is 5.11 Å². The number of hydrogen-bond acceptors (Lipinski definition) is 3. The summed E-state index contributed by atoms with van der Waals surface area (Å²) in [6.07, 6.45) is 1.21. The predicted molar refractivity (Wildman–Crippen MR) is 71.0 cm³/mol. The summed E-state index contributed by atoms with van der Waals surface area (Å²) >= 11 is 0. The largest absolute Gasteiger partial charge is 0.457 e. The van der Waals surface area contributed by atoms with Crippen LogP contribution >= 0.6 is 0 Å². The molecule has 0 fully saturated rings. The van der Waals surface area contributed by atoms with Crippen molar-refractivity contribution in [3.8, 4) is 17.6 Å². The van der Waals surface area contributed by atoms with E-state index >= 15 is 0 Å². The Labute approximate surface area is 111 Å². The Bertz CT molecular complexity index is 641. The third-order valence-corrected chi connectivity index (χ3v) is 3.41. The fraction of sp³-hybridized carbons (Fsp3) is 0.188. The third kappa shape index (κ3) is 2.18. The van der Waals surface area contributed by atoms with Gasteiger partial charge in [-0.05, 0) is 48.7 Å². The molecule has 0 radical (unpaired) electrons. The highest BCUT2D eigenvalue weighted by Gasteiger charge is 2.23. The standard InChI is InChI=1S/C16H13NO2/c17-10-11-4-6-12(7-5-11)19-16-3-1-2-13-14(16)8-9-15(13)18/h1-7,15,18H,8-9H2/t15-/m0/s1. The molecule has 0 saturated carbocycles. The second-order valence-electron chi connectivity index (χ2n) is 4.62. The lowest BCUT2D eigenvalue weighted by molar-refractivity contribution is 0.180. The lowest BCUT2D eigenvalue weighted by atomic mass is 10.1. The molecule has 0 aromatic heterocycles. The van der Waals surface area contributed by atoms with Crippen LogP contribution in [0.1, 0.15) is 29.2 Å². The van der Waals surface area contributed by atoms with Crippen LogP contribution in [0, 0.1) is 11.3 Å². The summed E-state index contributed by atoms with van der Waals surface area (Å²) in [5, 5.41) is 18.6. The predicted octanol–water partition coefficient (Wildman–Crippen LogP) is 3.33. The molecule has 0 unspecified atom stereocenters. The molecule has 3 rings (SSSR count). The van der Waals surface area contributed by atoms with Crippen molar-refractivity contribution >= 4 is 0 Å². The first kappa shape index (κ1) is 11.8. The van der Waals surface area contributed by atoms with Crippen LogP contribution in [0.2, 0.25) is 0 Å². The Morgan fingerprint density at radius 3 is 2.68 bits per heavy atom. The van der Waals surface area contributed by atoms with E-state index in [1.54, 1.807) is 24.3 Å². The van der Waals surface area contributed by atoms with E-state index in [4.69, 9.17) is 10.00 Å². The number of ether oxygens (including phenoxy) is 1. The van der Waals surface area contributed by atoms with Gasteiger partial charge in [-0.2, -0.15) is 5.26 Å². The van der Waals surface area contributed by atoms with Gasteiger partial charge >= 0.3 is 0 Å². The number of rotatable bonds is 2. The number of nitriles is 1. The zero-order chi connectivity index (χ0) is 13.2. The lowest BCUT2D eigenvalue weighted by Crippen LogP contribution is -1.93. The Hall–Kier alpha value is -2.31. The van der Waals surface area contributed by atoms with Gasteiger partial charge in [-0.1, -0.05) is 12.1 Å². The van der Waals surface area contributed by atoms with Crippen molar-refractivity contribution in [1.29, 1.82) is 5.26 Å². The number of hydrogen-bond donors (Lipinski definition) is 1. The van der Waals surface area contributed by atoms with Gasteiger partial charge in [-0.3, -0.25) is 0 Å². The Balaban J connectivity index is 1.90. The minimum Gasteiger partial charge on any atom is -0.457 e. The Kier molecular flexibility index (Phi) is 2.94. The Morgan fingerprint density at radius 2 is 1.95 bits per heavy atom. The molecule has 1 aliphatic carbocycles. The van der Waals surface area contributed by atoms with Crippen LogP contribution in [-0.2, 0) is 6.42 Å². The fourth-order valence-electron chi connectivity index (χ4n) is 2.42. The molecule has 2 aromatic rings. The minimum absolute atomic E-state index is 0.375. The highest BCUT2D eigenvalue weighted by molar-refractivity contribution is 5.47. The van der Waals surface area contributed by atoms with Crippen molar-refractivity contribution < 1.29 is 9.84 Å². The van der Waals surface area contributed by atoms with Crippen LogP contribution in [0.3, 0.4) is 0 Å². The van der Waals surface area contributed by atoms with Gasteiger partial charge in [0.05, 0.1) is 17.7 Å². The van der Waals surface area contributed by atoms with Gasteiger partial charge in [-0.25, -0.2) is 0 Å². The molecule has 2 aromatic carbocycles. The molecule has 1 N–H and O–H groups in total. The molecular weight excluding hydrogens is 238 g/mol. The first-order valence-electron chi connectivity index (χ1n) is 6.26. The van der Waals surface area contributed by atoms with Gasteiger partial charge in [0, 0.05) is 5.56 Å². The van der Waals surface area contributed by atoms with Crippen molar-refractivity contribution in [2.24, 2.45) is 0 Å². The number of fused-ring (bicyclic) bond motifs is 1. The maximum atomic E-state index is 9.85. The topological polar surface area (TPSA) is 53.2 Å². The van der Waals surface area contributed by atoms with Crippen molar-refractivity contribution in [2.75, 3.05) is 0 Å². The molecule has 19 heavy (non-hydrogen) atoms.